The molecule has 0 spiro atoms. The summed E-state index contributed by atoms with van der Waals surface area (Å²) in [5, 5.41) is 24.8. The SMILES string of the molecule is CC(C)CC(NC(=O)C(CCC(N)=O)NC(=O)C(N)CCC(=O)O)C(=O)NC(CC(N)=O)C(=O)O. The smallest absolute Gasteiger partial charge is 0.326 e. The molecule has 0 aromatic carbocycles. The van der Waals surface area contributed by atoms with Crippen molar-refractivity contribution in [1.29, 1.82) is 0 Å². The first kappa shape index (κ1) is 31.2. The van der Waals surface area contributed by atoms with Gasteiger partial charge in [0.15, 0.2) is 0 Å². The normalized spacial score (nSPS) is 14.2. The zero-order valence-electron chi connectivity index (χ0n) is 19.6. The maximum atomic E-state index is 12.9. The molecule has 5 amide bonds. The topological polar surface area (TPSA) is 274 Å². The Morgan fingerprint density at radius 3 is 1.69 bits per heavy atom. The van der Waals surface area contributed by atoms with Gasteiger partial charge >= 0.3 is 11.9 Å². The third kappa shape index (κ3) is 13.5. The third-order valence-corrected chi connectivity index (χ3v) is 4.68. The van der Waals surface area contributed by atoms with Crippen LogP contribution in [0.2, 0.25) is 0 Å². The molecule has 4 unspecified atom stereocenters. The number of hydrogen-bond donors (Lipinski definition) is 8. The van der Waals surface area contributed by atoms with E-state index in [-0.39, 0.29) is 38.0 Å². The summed E-state index contributed by atoms with van der Waals surface area (Å²) in [4.78, 5) is 82.2. The molecule has 0 aromatic heterocycles. The molecule has 0 heterocycles. The van der Waals surface area contributed by atoms with Gasteiger partial charge in [-0.25, -0.2) is 4.79 Å². The van der Waals surface area contributed by atoms with Crippen LogP contribution in [0.3, 0.4) is 0 Å². The molecule has 0 aliphatic rings. The number of hydrogen-bond acceptors (Lipinski definition) is 8. The van der Waals surface area contributed by atoms with Gasteiger partial charge in [0.1, 0.15) is 18.1 Å². The Morgan fingerprint density at radius 1 is 0.714 bits per heavy atom. The summed E-state index contributed by atoms with van der Waals surface area (Å²) in [5.74, 6) is -7.19. The molecule has 0 rings (SSSR count). The van der Waals surface area contributed by atoms with Crippen molar-refractivity contribution in [2.24, 2.45) is 23.1 Å². The largest absolute Gasteiger partial charge is 0.481 e. The number of carboxylic acid groups (broad SMARTS) is 2. The molecule has 0 aliphatic heterocycles. The lowest BCUT2D eigenvalue weighted by Crippen LogP contribution is -2.57. The van der Waals surface area contributed by atoms with Crippen molar-refractivity contribution in [3.05, 3.63) is 0 Å². The van der Waals surface area contributed by atoms with Crippen molar-refractivity contribution < 1.29 is 43.8 Å². The Balaban J connectivity index is 5.57. The summed E-state index contributed by atoms with van der Waals surface area (Å²) in [6.07, 6.45) is -1.75. The highest BCUT2D eigenvalue weighted by atomic mass is 16.4. The zero-order chi connectivity index (χ0) is 27.3. The molecular formula is C20H34N6O9. The minimum atomic E-state index is -1.62. The number of rotatable bonds is 17. The first-order valence-electron chi connectivity index (χ1n) is 10.8. The molecular weight excluding hydrogens is 468 g/mol. The molecule has 0 aromatic rings. The minimum Gasteiger partial charge on any atom is -0.481 e. The summed E-state index contributed by atoms with van der Waals surface area (Å²) in [5.41, 5.74) is 15.8. The third-order valence-electron chi connectivity index (χ3n) is 4.68. The van der Waals surface area contributed by atoms with E-state index >= 15 is 0 Å². The van der Waals surface area contributed by atoms with E-state index in [1.807, 2.05) is 0 Å². The van der Waals surface area contributed by atoms with Gasteiger partial charge in [-0.15, -0.1) is 0 Å². The molecule has 198 valence electrons. The Labute approximate surface area is 201 Å². The molecule has 11 N–H and O–H groups in total. The van der Waals surface area contributed by atoms with Crippen molar-refractivity contribution in [2.45, 2.75) is 76.5 Å². The summed E-state index contributed by atoms with van der Waals surface area (Å²) < 4.78 is 0. The average molecular weight is 503 g/mol. The van der Waals surface area contributed by atoms with E-state index < -0.39 is 72.1 Å². The molecule has 0 radical (unpaired) electrons. The second-order valence-electron chi connectivity index (χ2n) is 8.37. The molecule has 0 saturated heterocycles. The highest BCUT2D eigenvalue weighted by molar-refractivity contribution is 5.95. The summed E-state index contributed by atoms with van der Waals surface area (Å²) in [6.45, 7) is 3.47. The zero-order valence-corrected chi connectivity index (χ0v) is 19.6. The van der Waals surface area contributed by atoms with Crippen LogP contribution >= 0.6 is 0 Å². The first-order valence-corrected chi connectivity index (χ1v) is 10.8. The Kier molecular flexibility index (Phi) is 13.6. The second kappa shape index (κ2) is 15.2. The lowest BCUT2D eigenvalue weighted by atomic mass is 10.0. The van der Waals surface area contributed by atoms with E-state index in [1.54, 1.807) is 13.8 Å². The maximum absolute atomic E-state index is 12.9. The Bertz CT molecular complexity index is 817. The van der Waals surface area contributed by atoms with Crippen LogP contribution in [0.4, 0.5) is 0 Å². The number of nitrogens with one attached hydrogen (secondary N) is 3. The van der Waals surface area contributed by atoms with Crippen LogP contribution in [0, 0.1) is 5.92 Å². The molecule has 35 heavy (non-hydrogen) atoms. The molecule has 0 bridgehead atoms. The fourth-order valence-electron chi connectivity index (χ4n) is 2.89. The summed E-state index contributed by atoms with van der Waals surface area (Å²) in [7, 11) is 0. The highest BCUT2D eigenvalue weighted by Gasteiger charge is 2.31. The van der Waals surface area contributed by atoms with E-state index in [4.69, 9.17) is 22.3 Å². The number of aliphatic carboxylic acids is 2. The number of carboxylic acids is 2. The van der Waals surface area contributed by atoms with Crippen LogP contribution in [0.15, 0.2) is 0 Å². The second-order valence-corrected chi connectivity index (χ2v) is 8.37. The minimum absolute atomic E-state index is 0.0646. The van der Waals surface area contributed by atoms with E-state index in [0.29, 0.717) is 0 Å². The van der Waals surface area contributed by atoms with E-state index in [2.05, 4.69) is 16.0 Å². The molecule has 15 nitrogen and oxygen atoms in total. The van der Waals surface area contributed by atoms with Gasteiger partial charge in [-0.1, -0.05) is 13.8 Å². The van der Waals surface area contributed by atoms with Crippen molar-refractivity contribution in [1.82, 2.24) is 16.0 Å². The predicted octanol–water partition coefficient (Wildman–Crippen LogP) is -3.10. The molecule has 4 atom stereocenters. The van der Waals surface area contributed by atoms with Crippen molar-refractivity contribution >= 4 is 41.5 Å². The molecule has 15 heteroatoms. The van der Waals surface area contributed by atoms with Gasteiger partial charge in [0, 0.05) is 12.8 Å². The van der Waals surface area contributed by atoms with E-state index in [9.17, 15) is 38.7 Å². The monoisotopic (exact) mass is 502 g/mol. The molecule has 0 fully saturated rings. The van der Waals surface area contributed by atoms with Crippen LogP contribution in [0.25, 0.3) is 0 Å². The van der Waals surface area contributed by atoms with Gasteiger partial charge in [-0.2, -0.15) is 0 Å². The van der Waals surface area contributed by atoms with Crippen LogP contribution in [-0.2, 0) is 33.6 Å². The van der Waals surface area contributed by atoms with Gasteiger partial charge in [0.05, 0.1) is 12.5 Å². The number of nitrogens with two attached hydrogens (primary N) is 3. The van der Waals surface area contributed by atoms with Crippen LogP contribution < -0.4 is 33.2 Å². The molecule has 0 aliphatic carbocycles. The van der Waals surface area contributed by atoms with E-state index in [1.165, 1.54) is 0 Å². The number of carbonyl (C=O) groups is 7. The highest BCUT2D eigenvalue weighted by Crippen LogP contribution is 2.08. The van der Waals surface area contributed by atoms with Gasteiger partial charge in [-0.05, 0) is 25.2 Å². The lowest BCUT2D eigenvalue weighted by Gasteiger charge is -2.26. The van der Waals surface area contributed by atoms with Crippen molar-refractivity contribution in [2.75, 3.05) is 0 Å². The van der Waals surface area contributed by atoms with Gasteiger partial charge in [-0.3, -0.25) is 28.8 Å². The standard InChI is InChI=1S/C20H34N6O9/c1-9(2)7-12(19(33)26-13(20(34)35)8-15(23)28)25-18(32)11(4-5-14(22)27)24-17(31)10(21)3-6-16(29)30/h9-13H,3-8,21H2,1-2H3,(H2,22,27)(H2,23,28)(H,24,31)(H,25,32)(H,26,33)(H,29,30)(H,34,35). The van der Waals surface area contributed by atoms with Crippen LogP contribution in [0.5, 0.6) is 0 Å². The fraction of sp³-hybridized carbons (Fsp3) is 0.650. The van der Waals surface area contributed by atoms with Crippen molar-refractivity contribution in [3.8, 4) is 0 Å². The lowest BCUT2D eigenvalue weighted by molar-refractivity contribution is -0.144. The number of carbonyl (C=O) groups excluding carboxylic acids is 5. The maximum Gasteiger partial charge on any atom is 0.326 e. The van der Waals surface area contributed by atoms with Gasteiger partial charge in [0.25, 0.3) is 0 Å². The van der Waals surface area contributed by atoms with Gasteiger partial charge < -0.3 is 43.4 Å². The Morgan fingerprint density at radius 2 is 1.23 bits per heavy atom. The predicted molar refractivity (Wildman–Crippen MR) is 120 cm³/mol. The van der Waals surface area contributed by atoms with Crippen LogP contribution in [0.1, 0.15) is 52.4 Å². The van der Waals surface area contributed by atoms with Gasteiger partial charge in [0.2, 0.25) is 29.5 Å². The van der Waals surface area contributed by atoms with Crippen molar-refractivity contribution in [3.63, 3.8) is 0 Å². The quantitative estimate of drug-likeness (QED) is 0.0991. The molecule has 0 saturated carbocycles. The number of primary amides is 2. The summed E-state index contributed by atoms with van der Waals surface area (Å²) >= 11 is 0. The van der Waals surface area contributed by atoms with E-state index in [0.717, 1.165) is 0 Å². The summed E-state index contributed by atoms with van der Waals surface area (Å²) in [6, 6.07) is -5.49. The first-order chi connectivity index (χ1) is 16.1. The average Bonchev–Trinajstić information content (AvgIpc) is 2.72. The number of amides is 5. The fourth-order valence-corrected chi connectivity index (χ4v) is 2.89. The van der Waals surface area contributed by atoms with Crippen LogP contribution in [-0.4, -0.2) is 75.9 Å². The Hall–Kier alpha value is -3.75.